The van der Waals surface area contributed by atoms with Crippen molar-refractivity contribution in [2.75, 3.05) is 18.6 Å². The number of carbonyl (C=O) groups is 2. The van der Waals surface area contributed by atoms with Crippen LogP contribution in [-0.2, 0) is 9.59 Å². The Bertz CT molecular complexity index is 280. The van der Waals surface area contributed by atoms with Crippen LogP contribution < -0.4 is 5.32 Å². The van der Waals surface area contributed by atoms with E-state index >= 15 is 0 Å². The Morgan fingerprint density at radius 3 is 2.59 bits per heavy atom. The number of nitrogens with zero attached hydrogens (tertiary/aromatic N) is 1. The fourth-order valence-electron chi connectivity index (χ4n) is 2.18. The normalized spacial score (nSPS) is 20.7. The van der Waals surface area contributed by atoms with Crippen molar-refractivity contribution in [2.45, 2.75) is 45.2 Å². The predicted molar refractivity (Wildman–Crippen MR) is 71.0 cm³/mol. The molecule has 0 aromatic rings. The number of carbonyl (C=O) groups excluding carboxylic acids is 2. The molecule has 1 heterocycles. The third-order valence-electron chi connectivity index (χ3n) is 3.19. The van der Waals surface area contributed by atoms with Gasteiger partial charge in [0.25, 0.3) is 0 Å². The maximum atomic E-state index is 12.1. The Kier molecular flexibility index (Phi) is 5.98. The predicted octanol–water partition coefficient (Wildman–Crippen LogP) is 1.26. The van der Waals surface area contributed by atoms with Crippen molar-refractivity contribution < 1.29 is 9.59 Å². The first-order chi connectivity index (χ1) is 8.15. The van der Waals surface area contributed by atoms with Gasteiger partial charge in [0, 0.05) is 18.3 Å². The molecule has 17 heavy (non-hydrogen) atoms. The molecule has 5 heteroatoms. The third-order valence-corrected chi connectivity index (χ3v) is 3.80. The van der Waals surface area contributed by atoms with Gasteiger partial charge in [-0.05, 0) is 19.1 Å². The van der Waals surface area contributed by atoms with Crippen LogP contribution in [0, 0.1) is 0 Å². The summed E-state index contributed by atoms with van der Waals surface area (Å²) in [6, 6.07) is -0.224. The van der Waals surface area contributed by atoms with E-state index in [9.17, 15) is 9.59 Å². The van der Waals surface area contributed by atoms with Gasteiger partial charge < -0.3 is 5.32 Å². The SMILES string of the molecule is CCC(CC)N1C(=O)CC(NCCSC)C1=O. The molecule has 0 radical (unpaired) electrons. The van der Waals surface area contributed by atoms with Crippen molar-refractivity contribution >= 4 is 23.6 Å². The molecule has 0 aromatic carbocycles. The molecule has 1 aliphatic rings. The first-order valence-electron chi connectivity index (χ1n) is 6.23. The van der Waals surface area contributed by atoms with Gasteiger partial charge in [0.05, 0.1) is 12.5 Å². The lowest BCUT2D eigenvalue weighted by Gasteiger charge is -2.24. The number of likely N-dealkylation sites (tertiary alicyclic amines) is 1. The van der Waals surface area contributed by atoms with Crippen LogP contribution in [-0.4, -0.2) is 47.4 Å². The maximum absolute atomic E-state index is 12.1. The zero-order valence-corrected chi connectivity index (χ0v) is 11.7. The molecule has 1 saturated heterocycles. The molecule has 0 spiro atoms. The van der Waals surface area contributed by atoms with Crippen molar-refractivity contribution in [3.8, 4) is 0 Å². The van der Waals surface area contributed by atoms with Crippen LogP contribution in [0.1, 0.15) is 33.1 Å². The van der Waals surface area contributed by atoms with Gasteiger partial charge in [-0.1, -0.05) is 13.8 Å². The van der Waals surface area contributed by atoms with Crippen LogP contribution in [0.15, 0.2) is 0 Å². The average Bonchev–Trinajstić information content (AvgIpc) is 2.59. The molecule has 1 fully saturated rings. The van der Waals surface area contributed by atoms with Gasteiger partial charge in [0.1, 0.15) is 0 Å². The van der Waals surface area contributed by atoms with Gasteiger partial charge in [0.15, 0.2) is 0 Å². The highest BCUT2D eigenvalue weighted by molar-refractivity contribution is 7.98. The Morgan fingerprint density at radius 2 is 2.06 bits per heavy atom. The fraction of sp³-hybridized carbons (Fsp3) is 0.833. The lowest BCUT2D eigenvalue weighted by atomic mass is 10.1. The highest BCUT2D eigenvalue weighted by Gasteiger charge is 2.40. The van der Waals surface area contributed by atoms with Crippen LogP contribution >= 0.6 is 11.8 Å². The fourth-order valence-corrected chi connectivity index (χ4v) is 2.51. The molecule has 1 atom stereocenters. The van der Waals surface area contributed by atoms with E-state index in [1.165, 1.54) is 4.90 Å². The standard InChI is InChI=1S/C12H22N2O2S/c1-4-9(5-2)14-11(15)8-10(12(14)16)13-6-7-17-3/h9-10,13H,4-8H2,1-3H3. The minimum absolute atomic E-state index is 0.0228. The van der Waals surface area contributed by atoms with Crippen molar-refractivity contribution in [1.82, 2.24) is 10.2 Å². The quantitative estimate of drug-likeness (QED) is 0.551. The number of nitrogens with one attached hydrogen (secondary N) is 1. The summed E-state index contributed by atoms with van der Waals surface area (Å²) in [5.74, 6) is 0.901. The number of hydrogen-bond acceptors (Lipinski definition) is 4. The van der Waals surface area contributed by atoms with E-state index in [4.69, 9.17) is 0 Å². The van der Waals surface area contributed by atoms with Gasteiger partial charge in [-0.15, -0.1) is 0 Å². The van der Waals surface area contributed by atoms with Crippen molar-refractivity contribution in [2.24, 2.45) is 0 Å². The van der Waals surface area contributed by atoms with Crippen LogP contribution in [0.2, 0.25) is 0 Å². The molecule has 1 rings (SSSR count). The zero-order chi connectivity index (χ0) is 12.8. The molecular weight excluding hydrogens is 236 g/mol. The summed E-state index contributed by atoms with van der Waals surface area (Å²) in [6.45, 7) is 4.81. The summed E-state index contributed by atoms with van der Waals surface area (Å²) in [4.78, 5) is 25.4. The van der Waals surface area contributed by atoms with Crippen LogP contribution in [0.25, 0.3) is 0 Å². The summed E-state index contributed by atoms with van der Waals surface area (Å²) in [6.07, 6.45) is 4.03. The second-order valence-electron chi connectivity index (χ2n) is 4.28. The molecule has 1 N–H and O–H groups in total. The molecule has 0 saturated carbocycles. The molecule has 0 bridgehead atoms. The maximum Gasteiger partial charge on any atom is 0.247 e. The van der Waals surface area contributed by atoms with Crippen LogP contribution in [0.4, 0.5) is 0 Å². The summed E-state index contributed by atoms with van der Waals surface area (Å²) in [5.41, 5.74) is 0. The van der Waals surface area contributed by atoms with Crippen molar-refractivity contribution in [3.05, 3.63) is 0 Å². The monoisotopic (exact) mass is 258 g/mol. The molecule has 2 amide bonds. The molecule has 1 unspecified atom stereocenters. The Labute approximate surface area is 108 Å². The van der Waals surface area contributed by atoms with E-state index in [1.807, 2.05) is 20.1 Å². The first kappa shape index (κ1) is 14.5. The molecule has 1 aliphatic heterocycles. The molecular formula is C12H22N2O2S. The smallest absolute Gasteiger partial charge is 0.247 e. The molecule has 98 valence electrons. The van der Waals surface area contributed by atoms with Gasteiger partial charge in [0.2, 0.25) is 11.8 Å². The molecule has 0 aliphatic carbocycles. The summed E-state index contributed by atoms with van der Waals surface area (Å²) in [5, 5.41) is 3.16. The second-order valence-corrected chi connectivity index (χ2v) is 5.26. The second kappa shape index (κ2) is 7.01. The lowest BCUT2D eigenvalue weighted by Crippen LogP contribution is -2.44. The van der Waals surface area contributed by atoms with Gasteiger partial charge in [-0.25, -0.2) is 0 Å². The highest BCUT2D eigenvalue weighted by atomic mass is 32.2. The Balaban J connectivity index is 2.58. The number of hydrogen-bond donors (Lipinski definition) is 1. The van der Waals surface area contributed by atoms with E-state index < -0.39 is 0 Å². The zero-order valence-electron chi connectivity index (χ0n) is 10.9. The number of imide groups is 1. The van der Waals surface area contributed by atoms with Gasteiger partial charge in [-0.2, -0.15) is 11.8 Å². The minimum atomic E-state index is -0.296. The number of amides is 2. The van der Waals surface area contributed by atoms with Gasteiger partial charge >= 0.3 is 0 Å². The first-order valence-corrected chi connectivity index (χ1v) is 7.63. The highest BCUT2D eigenvalue weighted by Crippen LogP contribution is 2.20. The van der Waals surface area contributed by atoms with Crippen LogP contribution in [0.5, 0.6) is 0 Å². The number of rotatable bonds is 7. The number of thioether (sulfide) groups is 1. The third kappa shape index (κ3) is 3.45. The Hall–Kier alpha value is -0.550. The van der Waals surface area contributed by atoms with Crippen molar-refractivity contribution in [1.29, 1.82) is 0 Å². The minimum Gasteiger partial charge on any atom is -0.305 e. The van der Waals surface area contributed by atoms with E-state index in [1.54, 1.807) is 11.8 Å². The van der Waals surface area contributed by atoms with Gasteiger partial charge in [-0.3, -0.25) is 14.5 Å². The lowest BCUT2D eigenvalue weighted by molar-refractivity contribution is -0.141. The molecule has 4 nitrogen and oxygen atoms in total. The van der Waals surface area contributed by atoms with E-state index in [-0.39, 0.29) is 23.9 Å². The van der Waals surface area contributed by atoms with E-state index in [0.29, 0.717) is 6.42 Å². The van der Waals surface area contributed by atoms with E-state index in [2.05, 4.69) is 5.32 Å². The van der Waals surface area contributed by atoms with Crippen LogP contribution in [0.3, 0.4) is 0 Å². The summed E-state index contributed by atoms with van der Waals surface area (Å²) < 4.78 is 0. The summed E-state index contributed by atoms with van der Waals surface area (Å²) >= 11 is 1.73. The largest absolute Gasteiger partial charge is 0.305 e. The topological polar surface area (TPSA) is 49.4 Å². The average molecular weight is 258 g/mol. The summed E-state index contributed by atoms with van der Waals surface area (Å²) in [7, 11) is 0. The Morgan fingerprint density at radius 1 is 1.41 bits per heavy atom. The van der Waals surface area contributed by atoms with E-state index in [0.717, 1.165) is 25.1 Å². The molecule has 0 aromatic heterocycles. The van der Waals surface area contributed by atoms with Crippen molar-refractivity contribution in [3.63, 3.8) is 0 Å².